The third kappa shape index (κ3) is 3.39. The summed E-state index contributed by atoms with van der Waals surface area (Å²) in [4.78, 5) is 14.6. The molecule has 3 unspecified atom stereocenters. The van der Waals surface area contributed by atoms with Crippen molar-refractivity contribution in [1.82, 2.24) is 4.90 Å². The minimum atomic E-state index is 0. The maximum Gasteiger partial charge on any atom is 0.238 e. The van der Waals surface area contributed by atoms with Gasteiger partial charge in [0.05, 0.1) is 23.6 Å². The van der Waals surface area contributed by atoms with E-state index in [1.54, 1.807) is 0 Å². The lowest BCUT2D eigenvalue weighted by molar-refractivity contribution is -0.117. The largest absolute Gasteiger partial charge is 0.327 e. The first kappa shape index (κ1) is 17.5. The van der Waals surface area contributed by atoms with Crippen LogP contribution in [0.3, 0.4) is 0 Å². The third-order valence-corrected chi connectivity index (χ3v) is 5.70. The van der Waals surface area contributed by atoms with Crippen LogP contribution in [0.5, 0.6) is 0 Å². The number of nitrogens with one attached hydrogen (secondary N) is 1. The highest BCUT2D eigenvalue weighted by molar-refractivity contribution is 7.58. The second-order valence-electron chi connectivity index (χ2n) is 6.70. The van der Waals surface area contributed by atoms with E-state index in [0.717, 1.165) is 36.6 Å². The molecule has 4 rings (SSSR count). The maximum atomic E-state index is 12.4. The maximum absolute atomic E-state index is 12.4. The first-order chi connectivity index (χ1) is 11.2. The number of fused-ring (bicyclic) bond motifs is 2. The minimum Gasteiger partial charge on any atom is -0.327 e. The molecule has 2 fully saturated rings. The van der Waals surface area contributed by atoms with E-state index in [1.165, 1.54) is 24.2 Å². The smallest absolute Gasteiger partial charge is 0.238 e. The summed E-state index contributed by atoms with van der Waals surface area (Å²) in [7, 11) is 0. The van der Waals surface area contributed by atoms with Gasteiger partial charge < -0.3 is 11.1 Å². The van der Waals surface area contributed by atoms with Gasteiger partial charge in [-0.2, -0.15) is 8.73 Å². The molecule has 0 radical (unpaired) electrons. The number of halogens is 1. The summed E-state index contributed by atoms with van der Waals surface area (Å²) in [5.41, 5.74) is 8.58. The number of hydrogen-bond donors (Lipinski definition) is 2. The molecule has 1 amide bonds. The number of carbonyl (C=O) groups excluding carboxylic acids is 1. The highest BCUT2D eigenvalue weighted by atomic mass is 35.5. The van der Waals surface area contributed by atoms with Gasteiger partial charge in [-0.3, -0.25) is 9.69 Å². The average molecular weight is 368 g/mol. The van der Waals surface area contributed by atoms with Crippen LogP contribution in [0.15, 0.2) is 26.9 Å². The Morgan fingerprint density at radius 1 is 1.33 bits per heavy atom. The monoisotopic (exact) mass is 367 g/mol. The average Bonchev–Trinajstić information content (AvgIpc) is 3.14. The summed E-state index contributed by atoms with van der Waals surface area (Å²) < 4.78 is 8.46. The molecule has 0 aromatic heterocycles. The summed E-state index contributed by atoms with van der Waals surface area (Å²) in [6.07, 6.45) is 3.60. The van der Waals surface area contributed by atoms with Crippen LogP contribution in [0.1, 0.15) is 19.3 Å². The third-order valence-electron chi connectivity index (χ3n) is 5.16. The van der Waals surface area contributed by atoms with Crippen molar-refractivity contribution in [2.45, 2.75) is 25.3 Å². The van der Waals surface area contributed by atoms with E-state index in [2.05, 4.69) is 18.9 Å². The number of nitrogens with two attached hydrogens (primary N) is 1. The molecular formula is C16H22ClN5OS. The van der Waals surface area contributed by atoms with Gasteiger partial charge in [-0.25, -0.2) is 0 Å². The van der Waals surface area contributed by atoms with Gasteiger partial charge >= 0.3 is 0 Å². The Hall–Kier alpha value is -1.28. The lowest BCUT2D eigenvalue weighted by atomic mass is 9.78. The number of carbonyl (C=O) groups is 1. The Kier molecular flexibility index (Phi) is 5.34. The van der Waals surface area contributed by atoms with E-state index in [0.29, 0.717) is 24.4 Å². The predicted molar refractivity (Wildman–Crippen MR) is 99.1 cm³/mol. The molecule has 3 N–H and O–H groups in total. The van der Waals surface area contributed by atoms with Crippen molar-refractivity contribution < 1.29 is 4.79 Å². The fourth-order valence-corrected chi connectivity index (χ4v) is 4.59. The lowest BCUT2D eigenvalue weighted by Crippen LogP contribution is -2.38. The molecule has 130 valence electrons. The first-order valence-electron chi connectivity index (χ1n) is 8.20. The second kappa shape index (κ2) is 7.31. The van der Waals surface area contributed by atoms with Gasteiger partial charge in [0, 0.05) is 19.1 Å². The van der Waals surface area contributed by atoms with Gasteiger partial charge in [0.1, 0.15) is 11.4 Å². The van der Waals surface area contributed by atoms with Crippen LogP contribution in [-0.2, 0) is 16.1 Å². The molecule has 3 aliphatic rings. The minimum absolute atomic E-state index is 0. The number of likely N-dealkylation sites (tertiary alicyclic amines) is 1. The molecule has 6 nitrogen and oxygen atoms in total. The van der Waals surface area contributed by atoms with E-state index < -0.39 is 0 Å². The van der Waals surface area contributed by atoms with Crippen molar-refractivity contribution in [1.29, 1.82) is 0 Å². The number of hydrogen-bond acceptors (Lipinski definition) is 5. The Bertz CT molecular complexity index is 706. The lowest BCUT2D eigenvalue weighted by Gasteiger charge is -2.29. The van der Waals surface area contributed by atoms with E-state index in [-0.39, 0.29) is 18.3 Å². The van der Waals surface area contributed by atoms with Crippen molar-refractivity contribution in [2.24, 2.45) is 26.3 Å². The molecular weight excluding hydrogens is 346 g/mol. The van der Waals surface area contributed by atoms with Crippen molar-refractivity contribution in [3.8, 4) is 0 Å². The zero-order valence-corrected chi connectivity index (χ0v) is 15.0. The zero-order chi connectivity index (χ0) is 15.8. The summed E-state index contributed by atoms with van der Waals surface area (Å²) in [5.74, 6) is 1.23. The Morgan fingerprint density at radius 2 is 2.21 bits per heavy atom. The number of rotatable bonds is 3. The highest BCUT2D eigenvalue weighted by Crippen LogP contribution is 2.38. The van der Waals surface area contributed by atoms with Gasteiger partial charge in [-0.15, -0.1) is 12.4 Å². The number of anilines is 1. The standard InChI is InChI=1S/C16H21N5OS.ClH/c17-12-4-1-3-10-7-21(8-11(10)12)9-15(22)18-13-5-2-6-14-16(13)20-23-19-14;/h2,5-6,10-12H,1,3-4,7-9,17H2,(H,18,22);1H. The Morgan fingerprint density at radius 3 is 3.04 bits per heavy atom. The van der Waals surface area contributed by atoms with Crippen LogP contribution in [0.4, 0.5) is 17.1 Å². The molecule has 2 aliphatic heterocycles. The molecule has 1 aromatic rings. The van der Waals surface area contributed by atoms with E-state index in [9.17, 15) is 4.79 Å². The first-order valence-corrected chi connectivity index (χ1v) is 8.93. The molecule has 0 bridgehead atoms. The molecule has 0 spiro atoms. The number of benzene rings is 1. The van der Waals surface area contributed by atoms with Crippen molar-refractivity contribution in [2.75, 3.05) is 25.0 Å². The molecule has 2 heterocycles. The van der Waals surface area contributed by atoms with Crippen molar-refractivity contribution >= 4 is 46.7 Å². The molecule has 1 aliphatic carbocycles. The summed E-state index contributed by atoms with van der Waals surface area (Å²) in [5, 5.41) is 2.98. The van der Waals surface area contributed by atoms with Crippen molar-refractivity contribution in [3.05, 3.63) is 18.2 Å². The predicted octanol–water partition coefficient (Wildman–Crippen LogP) is 2.83. The van der Waals surface area contributed by atoms with E-state index >= 15 is 0 Å². The molecule has 1 aromatic carbocycles. The van der Waals surface area contributed by atoms with Gasteiger partial charge in [-0.1, -0.05) is 12.5 Å². The van der Waals surface area contributed by atoms with Crippen LogP contribution in [-0.4, -0.2) is 36.5 Å². The normalized spacial score (nSPS) is 27.8. The summed E-state index contributed by atoms with van der Waals surface area (Å²) in [6.45, 7) is 2.36. The highest BCUT2D eigenvalue weighted by Gasteiger charge is 2.39. The fraction of sp³-hybridized carbons (Fsp3) is 0.562. The summed E-state index contributed by atoms with van der Waals surface area (Å²) in [6, 6.07) is 5.97. The number of amides is 1. The molecule has 3 atom stereocenters. The number of nitrogens with zero attached hydrogens (tertiary/aromatic N) is 3. The van der Waals surface area contributed by atoms with Gasteiger partial charge in [-0.05, 0) is 36.8 Å². The van der Waals surface area contributed by atoms with Crippen molar-refractivity contribution in [3.63, 3.8) is 0 Å². The summed E-state index contributed by atoms with van der Waals surface area (Å²) >= 11 is 1.17. The molecule has 8 heteroatoms. The molecule has 1 saturated heterocycles. The van der Waals surface area contributed by atoms with Gasteiger partial charge in [0.25, 0.3) is 0 Å². The fourth-order valence-electron chi connectivity index (χ4n) is 4.04. The van der Waals surface area contributed by atoms with Crippen LogP contribution >= 0.6 is 12.4 Å². The van der Waals surface area contributed by atoms with Crippen LogP contribution in [0.25, 0.3) is 0 Å². The second-order valence-corrected chi connectivity index (χ2v) is 7.23. The Labute approximate surface area is 151 Å². The zero-order valence-electron chi connectivity index (χ0n) is 13.4. The quantitative estimate of drug-likeness (QED) is 0.874. The molecule has 1 saturated carbocycles. The Balaban J connectivity index is 0.00000169. The SMILES string of the molecule is Cl.NC1CCCC2CN(CC(=O)Nc3cccc4c3N=S=N4)CC12. The van der Waals surface area contributed by atoms with E-state index in [4.69, 9.17) is 5.73 Å². The van der Waals surface area contributed by atoms with Gasteiger partial charge in [0.2, 0.25) is 5.91 Å². The van der Waals surface area contributed by atoms with Gasteiger partial charge in [0.15, 0.2) is 0 Å². The van der Waals surface area contributed by atoms with Crippen LogP contribution in [0, 0.1) is 11.8 Å². The van der Waals surface area contributed by atoms with E-state index in [1.807, 2.05) is 18.2 Å². The van der Waals surface area contributed by atoms with Crippen LogP contribution in [0.2, 0.25) is 0 Å². The van der Waals surface area contributed by atoms with Crippen LogP contribution < -0.4 is 11.1 Å². The topological polar surface area (TPSA) is 83.1 Å². The molecule has 24 heavy (non-hydrogen) atoms.